The van der Waals surface area contributed by atoms with E-state index in [2.05, 4.69) is 51.2 Å². The Balaban J connectivity index is 1.34. The second-order valence-electron chi connectivity index (χ2n) is 9.32. The fourth-order valence-corrected chi connectivity index (χ4v) is 4.52. The first-order chi connectivity index (χ1) is 17.2. The zero-order chi connectivity index (χ0) is 24.3. The Morgan fingerprint density at radius 3 is 2.71 bits per heavy atom. The number of carbonyl (C=O) groups excluding carboxylic acids is 1. The molecular formula is C27H37N5O3. The van der Waals surface area contributed by atoms with Gasteiger partial charge in [0.25, 0.3) is 0 Å². The lowest BCUT2D eigenvalue weighted by molar-refractivity contribution is -0.145. The van der Waals surface area contributed by atoms with Crippen molar-refractivity contribution in [3.8, 4) is 0 Å². The second kappa shape index (κ2) is 13.3. The monoisotopic (exact) mass is 479 g/mol. The van der Waals surface area contributed by atoms with Crippen molar-refractivity contribution in [3.05, 3.63) is 53.2 Å². The van der Waals surface area contributed by atoms with E-state index in [-0.39, 0.29) is 5.97 Å². The number of aryl methyl sites for hydroxylation is 2. The molecule has 2 aromatic rings. The molecule has 2 aliphatic rings. The zero-order valence-electron chi connectivity index (χ0n) is 20.8. The van der Waals surface area contributed by atoms with Crippen molar-refractivity contribution in [2.75, 3.05) is 57.4 Å². The number of pyridine rings is 1. The van der Waals surface area contributed by atoms with Crippen LogP contribution in [0.4, 0.5) is 11.5 Å². The van der Waals surface area contributed by atoms with Gasteiger partial charge in [-0.05, 0) is 57.3 Å². The average Bonchev–Trinajstić information content (AvgIpc) is 2.88. The molecule has 0 N–H and O–H groups in total. The molecule has 4 rings (SSSR count). The van der Waals surface area contributed by atoms with Gasteiger partial charge < -0.3 is 14.4 Å². The molecule has 188 valence electrons. The molecule has 2 saturated heterocycles. The van der Waals surface area contributed by atoms with Crippen molar-refractivity contribution < 1.29 is 14.3 Å². The van der Waals surface area contributed by atoms with Crippen LogP contribution >= 0.6 is 0 Å². The van der Waals surface area contributed by atoms with Crippen LogP contribution in [0.3, 0.4) is 0 Å². The Bertz CT molecular complexity index is 985. The molecule has 2 aliphatic heterocycles. The first-order valence-electron chi connectivity index (χ1n) is 12.8. The van der Waals surface area contributed by atoms with Gasteiger partial charge in [0.2, 0.25) is 0 Å². The number of azo groups is 1. The van der Waals surface area contributed by atoms with Crippen LogP contribution in [0, 0.1) is 6.92 Å². The highest BCUT2D eigenvalue weighted by molar-refractivity contribution is 5.71. The molecule has 8 nitrogen and oxygen atoms in total. The van der Waals surface area contributed by atoms with Gasteiger partial charge in [-0.1, -0.05) is 36.2 Å². The molecule has 0 spiro atoms. The molecule has 2 fully saturated rings. The number of likely N-dealkylation sites (tertiary alicyclic amines) is 1. The molecule has 0 radical (unpaired) electrons. The lowest BCUT2D eigenvalue weighted by Crippen LogP contribution is -2.36. The minimum atomic E-state index is -0.132. The van der Waals surface area contributed by atoms with Gasteiger partial charge >= 0.3 is 5.97 Å². The molecule has 0 aliphatic carbocycles. The largest absolute Gasteiger partial charge is 0.465 e. The summed E-state index contributed by atoms with van der Waals surface area (Å²) < 4.78 is 11.0. The number of ether oxygens (including phenoxy) is 2. The summed E-state index contributed by atoms with van der Waals surface area (Å²) in [7, 11) is 0. The van der Waals surface area contributed by atoms with E-state index in [1.165, 1.54) is 24.8 Å². The number of morpholine rings is 1. The van der Waals surface area contributed by atoms with Crippen molar-refractivity contribution in [2.24, 2.45) is 10.2 Å². The van der Waals surface area contributed by atoms with Crippen LogP contribution in [-0.4, -0.2) is 68.4 Å². The van der Waals surface area contributed by atoms with Crippen LogP contribution in [-0.2, 0) is 27.2 Å². The molecule has 1 aromatic carbocycles. The van der Waals surface area contributed by atoms with E-state index in [1.54, 1.807) is 0 Å². The predicted molar refractivity (Wildman–Crippen MR) is 136 cm³/mol. The summed E-state index contributed by atoms with van der Waals surface area (Å²) >= 11 is 0. The standard InChI is InChI=1S/C27H37N5O3/c1-22-7-5-8-23(17-22)20-28-30-26-19-25(32-12-15-34-16-13-32)18-24(29-26)9-6-14-35-27(33)21-31-10-3-2-4-11-31/h5,7-8,17-19H,2-4,6,9-16,20-21H2,1H3. The summed E-state index contributed by atoms with van der Waals surface area (Å²) in [5, 5.41) is 8.83. The van der Waals surface area contributed by atoms with Gasteiger partial charge in [-0.3, -0.25) is 9.69 Å². The van der Waals surface area contributed by atoms with Crippen LogP contribution < -0.4 is 4.90 Å². The molecule has 35 heavy (non-hydrogen) atoms. The average molecular weight is 480 g/mol. The van der Waals surface area contributed by atoms with E-state index >= 15 is 0 Å². The highest BCUT2D eigenvalue weighted by atomic mass is 16.5. The van der Waals surface area contributed by atoms with Gasteiger partial charge in [0.05, 0.1) is 32.9 Å². The number of aromatic nitrogens is 1. The van der Waals surface area contributed by atoms with Crippen LogP contribution in [0.1, 0.15) is 42.5 Å². The quantitative estimate of drug-likeness (QED) is 0.284. The van der Waals surface area contributed by atoms with Crippen molar-refractivity contribution >= 4 is 17.5 Å². The fraction of sp³-hybridized carbons (Fsp3) is 0.556. The summed E-state index contributed by atoms with van der Waals surface area (Å²) in [5.41, 5.74) is 4.37. The van der Waals surface area contributed by atoms with Crippen LogP contribution in [0.2, 0.25) is 0 Å². The maximum absolute atomic E-state index is 12.2. The number of nitrogens with zero attached hydrogens (tertiary/aromatic N) is 5. The summed E-state index contributed by atoms with van der Waals surface area (Å²) in [6.07, 6.45) is 5.04. The first kappa shape index (κ1) is 25.3. The second-order valence-corrected chi connectivity index (χ2v) is 9.32. The number of rotatable bonds is 10. The van der Waals surface area contributed by atoms with Crippen molar-refractivity contribution in [1.29, 1.82) is 0 Å². The molecule has 0 amide bonds. The van der Waals surface area contributed by atoms with E-state index in [0.717, 1.165) is 69.2 Å². The van der Waals surface area contributed by atoms with Gasteiger partial charge in [0, 0.05) is 30.5 Å². The maximum atomic E-state index is 12.2. The van der Waals surface area contributed by atoms with Gasteiger partial charge in [-0.2, -0.15) is 5.11 Å². The third-order valence-electron chi connectivity index (χ3n) is 6.38. The smallest absolute Gasteiger partial charge is 0.320 e. The van der Waals surface area contributed by atoms with Crippen molar-refractivity contribution in [3.63, 3.8) is 0 Å². The highest BCUT2D eigenvalue weighted by Gasteiger charge is 2.16. The fourth-order valence-electron chi connectivity index (χ4n) is 4.52. The molecule has 0 bridgehead atoms. The van der Waals surface area contributed by atoms with Gasteiger partial charge in [0.15, 0.2) is 5.82 Å². The van der Waals surface area contributed by atoms with Crippen LogP contribution in [0.15, 0.2) is 46.6 Å². The normalized spacial score (nSPS) is 17.1. The number of benzene rings is 1. The topological polar surface area (TPSA) is 79.6 Å². The van der Waals surface area contributed by atoms with Crippen molar-refractivity contribution in [1.82, 2.24) is 9.88 Å². The zero-order valence-corrected chi connectivity index (χ0v) is 20.8. The van der Waals surface area contributed by atoms with Gasteiger partial charge in [-0.15, -0.1) is 5.11 Å². The van der Waals surface area contributed by atoms with E-state index in [0.29, 0.717) is 25.5 Å². The molecular weight excluding hydrogens is 442 g/mol. The summed E-state index contributed by atoms with van der Waals surface area (Å²) in [4.78, 5) is 21.4. The summed E-state index contributed by atoms with van der Waals surface area (Å²) in [5.74, 6) is 0.478. The Morgan fingerprint density at radius 1 is 1.09 bits per heavy atom. The first-order valence-corrected chi connectivity index (χ1v) is 12.8. The third kappa shape index (κ3) is 8.40. The predicted octanol–water partition coefficient (Wildman–Crippen LogP) is 4.47. The number of carbonyl (C=O) groups is 1. The Hall–Kier alpha value is -2.84. The molecule has 0 saturated carbocycles. The molecule has 3 heterocycles. The lowest BCUT2D eigenvalue weighted by atomic mass is 10.1. The van der Waals surface area contributed by atoms with Crippen molar-refractivity contribution in [2.45, 2.75) is 45.6 Å². The SMILES string of the molecule is Cc1cccc(CN=Nc2cc(N3CCOCC3)cc(CCCOC(=O)CN3CCCCC3)n2)c1. The summed E-state index contributed by atoms with van der Waals surface area (Å²) in [6.45, 7) is 8.51. The third-order valence-corrected chi connectivity index (χ3v) is 6.38. The minimum absolute atomic E-state index is 0.132. The number of hydrogen-bond acceptors (Lipinski definition) is 8. The Morgan fingerprint density at radius 2 is 1.91 bits per heavy atom. The molecule has 0 atom stereocenters. The van der Waals surface area contributed by atoms with Gasteiger partial charge in [0.1, 0.15) is 0 Å². The van der Waals surface area contributed by atoms with Crippen LogP contribution in [0.5, 0.6) is 0 Å². The number of esters is 1. The Labute approximate surface area is 208 Å². The van der Waals surface area contributed by atoms with E-state index in [4.69, 9.17) is 14.5 Å². The van der Waals surface area contributed by atoms with E-state index in [1.807, 2.05) is 12.1 Å². The molecule has 1 aromatic heterocycles. The number of anilines is 1. The highest BCUT2D eigenvalue weighted by Crippen LogP contribution is 2.24. The van der Waals surface area contributed by atoms with E-state index in [9.17, 15) is 4.79 Å². The Kier molecular flexibility index (Phi) is 9.60. The minimum Gasteiger partial charge on any atom is -0.465 e. The molecule has 0 unspecified atom stereocenters. The van der Waals surface area contributed by atoms with Crippen LogP contribution in [0.25, 0.3) is 0 Å². The molecule has 8 heteroatoms. The summed E-state index contributed by atoms with van der Waals surface area (Å²) in [6, 6.07) is 12.4. The number of hydrogen-bond donors (Lipinski definition) is 0. The lowest BCUT2D eigenvalue weighted by Gasteiger charge is -2.29. The van der Waals surface area contributed by atoms with E-state index < -0.39 is 0 Å². The van der Waals surface area contributed by atoms with Gasteiger partial charge in [-0.25, -0.2) is 4.98 Å². The number of piperidine rings is 1. The maximum Gasteiger partial charge on any atom is 0.320 e.